The van der Waals surface area contributed by atoms with Gasteiger partial charge in [0.2, 0.25) is 0 Å². The van der Waals surface area contributed by atoms with E-state index in [-0.39, 0.29) is 11.6 Å². The fourth-order valence-corrected chi connectivity index (χ4v) is 5.42. The predicted molar refractivity (Wildman–Crippen MR) is 110 cm³/mol. The molecule has 2 unspecified atom stereocenters. The van der Waals surface area contributed by atoms with Crippen LogP contribution in [0.2, 0.25) is 0 Å². The normalized spacial score (nSPS) is 28.4. The summed E-state index contributed by atoms with van der Waals surface area (Å²) >= 11 is 0. The molecule has 0 radical (unpaired) electrons. The summed E-state index contributed by atoms with van der Waals surface area (Å²) in [5, 5.41) is 4.88. The Bertz CT molecular complexity index is 963. The first-order valence-electron chi connectivity index (χ1n) is 11.2. The van der Waals surface area contributed by atoms with E-state index in [2.05, 4.69) is 25.4 Å². The average Bonchev–Trinajstić information content (AvgIpc) is 3.00. The third-order valence-corrected chi connectivity index (χ3v) is 7.56. The van der Waals surface area contributed by atoms with Crippen molar-refractivity contribution < 1.29 is 18.3 Å². The first-order valence-corrected chi connectivity index (χ1v) is 11.2. The number of nitrogens with two attached hydrogens (primary N) is 1. The van der Waals surface area contributed by atoms with Gasteiger partial charge in [0.05, 0.1) is 24.9 Å². The monoisotopic (exact) mass is 431 g/mol. The predicted octanol–water partition coefficient (Wildman–Crippen LogP) is 2.97. The van der Waals surface area contributed by atoms with E-state index in [0.29, 0.717) is 35.3 Å². The number of pyridine rings is 1. The van der Waals surface area contributed by atoms with Crippen LogP contribution in [0.5, 0.6) is 5.75 Å². The summed E-state index contributed by atoms with van der Waals surface area (Å²) in [4.78, 5) is 6.62. The van der Waals surface area contributed by atoms with E-state index in [0.717, 1.165) is 38.5 Å². The molecule has 2 saturated carbocycles. The van der Waals surface area contributed by atoms with Gasteiger partial charge in [0.25, 0.3) is 0 Å². The molecule has 4 fully saturated rings. The van der Waals surface area contributed by atoms with Gasteiger partial charge in [-0.05, 0) is 42.7 Å². The van der Waals surface area contributed by atoms with Gasteiger partial charge in [0, 0.05) is 43.0 Å². The first-order chi connectivity index (χ1) is 15.1. The Morgan fingerprint density at radius 1 is 1.19 bits per heavy atom. The van der Waals surface area contributed by atoms with Crippen molar-refractivity contribution >= 4 is 5.82 Å². The molecule has 4 aliphatic rings. The molecular formula is C22H27F2N5O2. The Kier molecular flexibility index (Phi) is 4.64. The number of fused-ring (bicyclic) bond motifs is 1. The molecule has 166 valence electrons. The van der Waals surface area contributed by atoms with Crippen LogP contribution in [0.15, 0.2) is 18.3 Å². The molecule has 2 atom stereocenters. The van der Waals surface area contributed by atoms with Crippen molar-refractivity contribution in [2.45, 2.75) is 44.4 Å². The number of nitrogens with zero attached hydrogens (tertiary/aromatic N) is 4. The zero-order valence-corrected chi connectivity index (χ0v) is 17.3. The molecule has 0 spiro atoms. The number of aromatic nitrogens is 3. The Labute approximate surface area is 179 Å². The van der Waals surface area contributed by atoms with E-state index in [1.165, 1.54) is 31.0 Å². The number of piperidine rings is 1. The number of ether oxygens (including phenoxy) is 2. The van der Waals surface area contributed by atoms with Crippen LogP contribution in [0.4, 0.5) is 14.6 Å². The molecule has 2 aliphatic carbocycles. The van der Waals surface area contributed by atoms with Crippen LogP contribution in [-0.2, 0) is 11.3 Å². The minimum Gasteiger partial charge on any atom is -0.431 e. The Morgan fingerprint density at radius 2 is 1.97 bits per heavy atom. The zero-order valence-electron chi connectivity index (χ0n) is 17.3. The quantitative estimate of drug-likeness (QED) is 0.726. The summed E-state index contributed by atoms with van der Waals surface area (Å²) in [5.41, 5.74) is 8.38. The number of likely N-dealkylation sites (tertiary alicyclic amines) is 1. The van der Waals surface area contributed by atoms with Crippen LogP contribution in [0.25, 0.3) is 11.3 Å². The SMILES string of the molecule is Nc1ncc(-c2cc(C3C4CN(C5COC5)CC43)n(CC3CCC3)n2)cc1OC(F)F. The van der Waals surface area contributed by atoms with Crippen molar-refractivity contribution in [3.63, 3.8) is 0 Å². The lowest BCUT2D eigenvalue weighted by Crippen LogP contribution is -2.48. The Hall–Kier alpha value is -2.26. The third kappa shape index (κ3) is 3.47. The van der Waals surface area contributed by atoms with Gasteiger partial charge >= 0.3 is 6.61 Å². The lowest BCUT2D eigenvalue weighted by molar-refractivity contribution is -0.0610. The minimum absolute atomic E-state index is 0.0463. The second-order valence-corrected chi connectivity index (χ2v) is 9.42. The highest BCUT2D eigenvalue weighted by Gasteiger charge is 2.58. The van der Waals surface area contributed by atoms with Crippen molar-refractivity contribution in [3.05, 3.63) is 24.0 Å². The van der Waals surface area contributed by atoms with E-state index in [1.54, 1.807) is 6.20 Å². The molecule has 9 heteroatoms. The summed E-state index contributed by atoms with van der Waals surface area (Å²) in [7, 11) is 0. The first kappa shape index (κ1) is 19.4. The van der Waals surface area contributed by atoms with Crippen LogP contribution >= 0.6 is 0 Å². The zero-order chi connectivity index (χ0) is 21.1. The Balaban J connectivity index is 1.26. The molecule has 31 heavy (non-hydrogen) atoms. The molecule has 2 saturated heterocycles. The largest absolute Gasteiger partial charge is 0.431 e. The highest BCUT2D eigenvalue weighted by Crippen LogP contribution is 2.59. The number of nitrogen functional groups attached to an aromatic ring is 1. The van der Waals surface area contributed by atoms with Gasteiger partial charge in [-0.3, -0.25) is 9.58 Å². The summed E-state index contributed by atoms with van der Waals surface area (Å²) in [6.07, 6.45) is 5.37. The van der Waals surface area contributed by atoms with Gasteiger partial charge in [-0.1, -0.05) is 6.42 Å². The maximum atomic E-state index is 12.7. The molecule has 0 aromatic carbocycles. The van der Waals surface area contributed by atoms with Crippen molar-refractivity contribution in [1.82, 2.24) is 19.7 Å². The Morgan fingerprint density at radius 3 is 2.58 bits per heavy atom. The fraction of sp³-hybridized carbons (Fsp3) is 0.636. The lowest BCUT2D eigenvalue weighted by atomic mass is 9.85. The van der Waals surface area contributed by atoms with Gasteiger partial charge in [-0.15, -0.1) is 0 Å². The molecular weight excluding hydrogens is 404 g/mol. The number of hydrogen-bond acceptors (Lipinski definition) is 6. The molecule has 7 nitrogen and oxygen atoms in total. The van der Waals surface area contributed by atoms with Gasteiger partial charge in [0.1, 0.15) is 0 Å². The van der Waals surface area contributed by atoms with Crippen molar-refractivity contribution in [3.8, 4) is 17.0 Å². The van der Waals surface area contributed by atoms with Crippen LogP contribution < -0.4 is 10.5 Å². The fourth-order valence-electron chi connectivity index (χ4n) is 5.42. The van der Waals surface area contributed by atoms with Crippen LogP contribution in [0, 0.1) is 17.8 Å². The summed E-state index contributed by atoms with van der Waals surface area (Å²) in [5.74, 6) is 2.40. The molecule has 2 N–H and O–H groups in total. The molecule has 2 aromatic rings. The van der Waals surface area contributed by atoms with Crippen molar-refractivity contribution in [2.75, 3.05) is 32.0 Å². The maximum absolute atomic E-state index is 12.7. The minimum atomic E-state index is -2.94. The van der Waals surface area contributed by atoms with Gasteiger partial charge in [0.15, 0.2) is 11.6 Å². The second kappa shape index (κ2) is 7.41. The summed E-state index contributed by atoms with van der Waals surface area (Å²) in [6, 6.07) is 4.23. The van der Waals surface area contributed by atoms with Crippen LogP contribution in [0.1, 0.15) is 30.9 Å². The van der Waals surface area contributed by atoms with Gasteiger partial charge < -0.3 is 15.2 Å². The summed E-state index contributed by atoms with van der Waals surface area (Å²) < 4.78 is 37.5. The number of hydrogen-bond donors (Lipinski definition) is 1. The van der Waals surface area contributed by atoms with Gasteiger partial charge in [-0.25, -0.2) is 4.98 Å². The van der Waals surface area contributed by atoms with E-state index in [1.807, 2.05) is 0 Å². The maximum Gasteiger partial charge on any atom is 0.387 e. The molecule has 2 aromatic heterocycles. The molecule has 2 aliphatic heterocycles. The highest BCUT2D eigenvalue weighted by molar-refractivity contribution is 5.64. The van der Waals surface area contributed by atoms with E-state index in [9.17, 15) is 8.78 Å². The van der Waals surface area contributed by atoms with E-state index < -0.39 is 6.61 Å². The average molecular weight is 431 g/mol. The number of rotatable bonds is 7. The van der Waals surface area contributed by atoms with Crippen LogP contribution in [-0.4, -0.2) is 58.6 Å². The second-order valence-electron chi connectivity index (χ2n) is 9.42. The standard InChI is InChI=1S/C22H27F2N5O2/c23-22(24)31-19-4-13(6-26-21(19)25)17-5-18(29(27-17)7-12-2-1-3-12)20-15-8-28(9-16(15)20)14-10-30-11-14/h4-6,12,14-16,20,22H,1-3,7-11H2,(H2,25,26). The molecule has 0 amide bonds. The highest BCUT2D eigenvalue weighted by atomic mass is 19.3. The molecule has 4 heterocycles. The topological polar surface area (TPSA) is 78.4 Å². The molecule has 6 rings (SSSR count). The smallest absolute Gasteiger partial charge is 0.387 e. The number of alkyl halides is 2. The third-order valence-electron chi connectivity index (χ3n) is 7.56. The molecule has 0 bridgehead atoms. The van der Waals surface area contributed by atoms with E-state index >= 15 is 0 Å². The van der Waals surface area contributed by atoms with Gasteiger partial charge in [-0.2, -0.15) is 13.9 Å². The number of halogens is 2. The van der Waals surface area contributed by atoms with Crippen molar-refractivity contribution in [2.24, 2.45) is 17.8 Å². The lowest BCUT2D eigenvalue weighted by Gasteiger charge is -2.36. The van der Waals surface area contributed by atoms with Crippen LogP contribution in [0.3, 0.4) is 0 Å². The van der Waals surface area contributed by atoms with Crippen molar-refractivity contribution in [1.29, 1.82) is 0 Å². The summed E-state index contributed by atoms with van der Waals surface area (Å²) in [6.45, 7) is 1.96. The van der Waals surface area contributed by atoms with E-state index in [4.69, 9.17) is 15.6 Å². The number of anilines is 1.